The molecule has 7 heteroatoms. The number of hydrogen-bond donors (Lipinski definition) is 1. The molecule has 1 aliphatic rings. The molecule has 0 aliphatic carbocycles. The van der Waals surface area contributed by atoms with Crippen molar-refractivity contribution < 1.29 is 18.9 Å². The van der Waals surface area contributed by atoms with Crippen molar-refractivity contribution in [2.75, 3.05) is 26.3 Å². The Morgan fingerprint density at radius 3 is 2.85 bits per heavy atom. The van der Waals surface area contributed by atoms with Crippen LogP contribution in [-0.2, 0) is 0 Å². The van der Waals surface area contributed by atoms with Crippen molar-refractivity contribution in [3.05, 3.63) is 24.5 Å². The van der Waals surface area contributed by atoms with Gasteiger partial charge in [-0.05, 0) is 12.1 Å². The first-order valence-corrected chi connectivity index (χ1v) is 5.96. The van der Waals surface area contributed by atoms with Gasteiger partial charge in [0.05, 0.1) is 7.11 Å². The van der Waals surface area contributed by atoms with Crippen LogP contribution in [0.4, 0.5) is 5.82 Å². The van der Waals surface area contributed by atoms with Crippen LogP contribution >= 0.6 is 0 Å². The molecule has 0 amide bonds. The maximum Gasteiger partial charge on any atom is 0.268 e. The van der Waals surface area contributed by atoms with Crippen LogP contribution in [-0.4, -0.2) is 30.9 Å². The van der Waals surface area contributed by atoms with E-state index in [0.29, 0.717) is 34.7 Å². The van der Waals surface area contributed by atoms with E-state index >= 15 is 0 Å². The summed E-state index contributed by atoms with van der Waals surface area (Å²) in [5, 5.41) is 2.91. The van der Waals surface area contributed by atoms with Crippen LogP contribution in [0, 0.1) is 0 Å². The second kappa shape index (κ2) is 5.12. The average Bonchev–Trinajstić information content (AvgIpc) is 2.94. The fraction of sp³-hybridized carbons (Fsp3) is 0.231. The number of nitrogens with one attached hydrogen (secondary N) is 1. The molecule has 0 unspecified atom stereocenters. The summed E-state index contributed by atoms with van der Waals surface area (Å²) < 4.78 is 21.5. The molecule has 7 nitrogen and oxygen atoms in total. The maximum atomic E-state index is 5.72. The molecule has 1 aliphatic heterocycles. The Kier molecular flexibility index (Phi) is 3.16. The fourth-order valence-electron chi connectivity index (χ4n) is 1.84. The summed E-state index contributed by atoms with van der Waals surface area (Å²) in [5.41, 5.74) is 0. The number of hydrogen-bond acceptors (Lipinski definition) is 7. The van der Waals surface area contributed by atoms with Crippen molar-refractivity contribution in [3.8, 4) is 28.9 Å². The zero-order valence-corrected chi connectivity index (χ0v) is 11.0. The minimum absolute atomic E-state index is 0.222. The second-order valence-electron chi connectivity index (χ2n) is 3.93. The Morgan fingerprint density at radius 2 is 2.05 bits per heavy atom. The minimum Gasteiger partial charge on any atom is -0.489 e. The van der Waals surface area contributed by atoms with E-state index in [1.807, 2.05) is 0 Å². The Hall–Kier alpha value is -2.70. The highest BCUT2D eigenvalue weighted by Gasteiger charge is 2.17. The molecule has 1 N–H and O–H groups in total. The van der Waals surface area contributed by atoms with Crippen molar-refractivity contribution >= 4 is 5.82 Å². The minimum atomic E-state index is 0.222. The molecule has 0 atom stereocenters. The van der Waals surface area contributed by atoms with Gasteiger partial charge in [0.25, 0.3) is 5.88 Å². The molecule has 0 fully saturated rings. The number of nitrogens with zero attached hydrogens (tertiary/aromatic N) is 2. The molecule has 3 rings (SSSR count). The van der Waals surface area contributed by atoms with Gasteiger partial charge in [0, 0.05) is 13.1 Å². The van der Waals surface area contributed by atoms with Crippen LogP contribution in [0.5, 0.6) is 28.9 Å². The predicted octanol–water partition coefficient (Wildman–Crippen LogP) is 2.05. The van der Waals surface area contributed by atoms with Gasteiger partial charge < -0.3 is 24.3 Å². The number of aromatic nitrogens is 2. The number of methoxy groups -OCH3 is 1. The molecular formula is C13H13N3O4. The van der Waals surface area contributed by atoms with Gasteiger partial charge in [0.15, 0.2) is 17.3 Å². The number of anilines is 1. The Bertz CT molecular complexity index is 633. The van der Waals surface area contributed by atoms with Crippen LogP contribution < -0.4 is 24.3 Å². The maximum absolute atomic E-state index is 5.72. The summed E-state index contributed by atoms with van der Waals surface area (Å²) in [6.45, 7) is 0.222. The van der Waals surface area contributed by atoms with E-state index in [2.05, 4.69) is 15.3 Å². The normalized spacial score (nSPS) is 12.1. The van der Waals surface area contributed by atoms with Gasteiger partial charge in [-0.15, -0.1) is 0 Å². The Balaban J connectivity index is 1.91. The highest BCUT2D eigenvalue weighted by atomic mass is 16.7. The molecule has 20 heavy (non-hydrogen) atoms. The third-order valence-corrected chi connectivity index (χ3v) is 2.77. The summed E-state index contributed by atoms with van der Waals surface area (Å²) in [7, 11) is 3.28. The quantitative estimate of drug-likeness (QED) is 0.915. The number of benzene rings is 1. The van der Waals surface area contributed by atoms with Gasteiger partial charge in [0.1, 0.15) is 12.1 Å². The third-order valence-electron chi connectivity index (χ3n) is 2.77. The van der Waals surface area contributed by atoms with Gasteiger partial charge in [-0.3, -0.25) is 0 Å². The standard InChI is InChI=1S/C13H13N3O4/c1-14-12-11(17-2)13(16-6-15-12)20-8-3-4-9-10(5-8)19-7-18-9/h3-6H,7H2,1-2H3,(H,14,15,16). The van der Waals surface area contributed by atoms with Gasteiger partial charge in [-0.1, -0.05) is 0 Å². The molecule has 104 valence electrons. The summed E-state index contributed by atoms with van der Waals surface area (Å²) in [6, 6.07) is 5.29. The number of ether oxygens (including phenoxy) is 4. The van der Waals surface area contributed by atoms with Crippen LogP contribution in [0.1, 0.15) is 0 Å². The zero-order chi connectivity index (χ0) is 13.9. The average molecular weight is 275 g/mol. The fourth-order valence-corrected chi connectivity index (χ4v) is 1.84. The molecule has 0 bridgehead atoms. The molecule has 2 aromatic rings. The van der Waals surface area contributed by atoms with Crippen LogP contribution in [0.2, 0.25) is 0 Å². The van der Waals surface area contributed by atoms with Crippen molar-refractivity contribution in [2.45, 2.75) is 0 Å². The largest absolute Gasteiger partial charge is 0.489 e. The van der Waals surface area contributed by atoms with E-state index in [1.165, 1.54) is 13.4 Å². The molecule has 0 radical (unpaired) electrons. The van der Waals surface area contributed by atoms with Crippen molar-refractivity contribution in [1.29, 1.82) is 0 Å². The first kappa shape index (κ1) is 12.3. The summed E-state index contributed by atoms with van der Waals surface area (Å²) in [4.78, 5) is 8.13. The second-order valence-corrected chi connectivity index (χ2v) is 3.93. The summed E-state index contributed by atoms with van der Waals surface area (Å²) in [6.07, 6.45) is 1.40. The SMILES string of the molecule is CNc1ncnc(Oc2ccc3c(c2)OCO3)c1OC. The topological polar surface area (TPSA) is 74.7 Å². The first-order chi connectivity index (χ1) is 9.81. The van der Waals surface area contributed by atoms with Crippen LogP contribution in [0.3, 0.4) is 0 Å². The van der Waals surface area contributed by atoms with E-state index in [0.717, 1.165) is 0 Å². The highest BCUT2D eigenvalue weighted by Crippen LogP contribution is 2.39. The smallest absolute Gasteiger partial charge is 0.268 e. The Labute approximate surface area is 115 Å². The molecule has 2 heterocycles. The van der Waals surface area contributed by atoms with Gasteiger partial charge in [-0.2, -0.15) is 4.98 Å². The van der Waals surface area contributed by atoms with Crippen molar-refractivity contribution in [2.24, 2.45) is 0 Å². The molecule has 0 saturated carbocycles. The molecule has 1 aromatic heterocycles. The lowest BCUT2D eigenvalue weighted by Gasteiger charge is -2.11. The van der Waals surface area contributed by atoms with Crippen LogP contribution in [0.15, 0.2) is 24.5 Å². The van der Waals surface area contributed by atoms with Crippen molar-refractivity contribution in [3.63, 3.8) is 0 Å². The third kappa shape index (κ3) is 2.13. The van der Waals surface area contributed by atoms with Gasteiger partial charge in [0.2, 0.25) is 12.5 Å². The monoisotopic (exact) mass is 275 g/mol. The van der Waals surface area contributed by atoms with Crippen LogP contribution in [0.25, 0.3) is 0 Å². The van der Waals surface area contributed by atoms with E-state index < -0.39 is 0 Å². The molecular weight excluding hydrogens is 262 g/mol. The lowest BCUT2D eigenvalue weighted by atomic mass is 10.3. The van der Waals surface area contributed by atoms with Gasteiger partial charge >= 0.3 is 0 Å². The first-order valence-electron chi connectivity index (χ1n) is 5.96. The van der Waals surface area contributed by atoms with E-state index in [4.69, 9.17) is 18.9 Å². The lowest BCUT2D eigenvalue weighted by molar-refractivity contribution is 0.174. The predicted molar refractivity (Wildman–Crippen MR) is 70.8 cm³/mol. The summed E-state index contributed by atoms with van der Waals surface area (Å²) >= 11 is 0. The zero-order valence-electron chi connectivity index (χ0n) is 11.0. The van der Waals surface area contributed by atoms with E-state index in [-0.39, 0.29) is 6.79 Å². The van der Waals surface area contributed by atoms with Gasteiger partial charge in [-0.25, -0.2) is 4.98 Å². The molecule has 1 aromatic carbocycles. The molecule has 0 saturated heterocycles. The number of fused-ring (bicyclic) bond motifs is 1. The lowest BCUT2D eigenvalue weighted by Crippen LogP contribution is -2.00. The van der Waals surface area contributed by atoms with E-state index in [9.17, 15) is 0 Å². The number of rotatable bonds is 4. The Morgan fingerprint density at radius 1 is 1.20 bits per heavy atom. The van der Waals surface area contributed by atoms with E-state index in [1.54, 1.807) is 25.2 Å². The van der Waals surface area contributed by atoms with Crippen molar-refractivity contribution in [1.82, 2.24) is 9.97 Å². The highest BCUT2D eigenvalue weighted by molar-refractivity contribution is 5.56. The summed E-state index contributed by atoms with van der Waals surface area (Å²) in [5.74, 6) is 3.23. The molecule has 0 spiro atoms.